The van der Waals surface area contributed by atoms with Gasteiger partial charge in [0.2, 0.25) is 0 Å². The maximum atomic E-state index is 9.39. The second kappa shape index (κ2) is 8.94. The highest BCUT2D eigenvalue weighted by molar-refractivity contribution is 9.09. The summed E-state index contributed by atoms with van der Waals surface area (Å²) >= 11 is 3.25. The first kappa shape index (κ1) is 13.4. The van der Waals surface area contributed by atoms with Gasteiger partial charge in [0, 0.05) is 25.0 Å². The normalized spacial score (nSPS) is 13.6. The Balaban J connectivity index is 3.50. The topological polar surface area (TPSA) is 32.7 Å². The summed E-state index contributed by atoms with van der Waals surface area (Å²) in [6.07, 6.45) is -0.276. The molecule has 3 nitrogen and oxygen atoms in total. The van der Waals surface area contributed by atoms with E-state index in [0.717, 1.165) is 32.8 Å². The molecule has 0 fully saturated rings. The summed E-state index contributed by atoms with van der Waals surface area (Å²) in [5, 5.41) is 10.0. The van der Waals surface area contributed by atoms with Crippen LogP contribution in [0, 0.1) is 0 Å². The van der Waals surface area contributed by atoms with Crippen LogP contribution in [0.25, 0.3) is 0 Å². The van der Waals surface area contributed by atoms with Gasteiger partial charge in [-0.05, 0) is 13.5 Å². The second-order valence-corrected chi connectivity index (χ2v) is 3.55. The van der Waals surface area contributed by atoms with Crippen molar-refractivity contribution in [3.63, 3.8) is 0 Å². The van der Waals surface area contributed by atoms with E-state index in [2.05, 4.69) is 27.8 Å². The van der Waals surface area contributed by atoms with Crippen molar-refractivity contribution in [2.45, 2.75) is 20.0 Å². The third kappa shape index (κ3) is 7.43. The average Bonchev–Trinajstić information content (AvgIpc) is 2.16. The summed E-state index contributed by atoms with van der Waals surface area (Å²) in [7, 11) is 0. The number of ether oxygens (including phenoxy) is 1. The Bertz CT molecular complexity index is 114. The number of likely N-dealkylation sites (N-methyl/N-ethyl adjacent to an activating group) is 1. The lowest BCUT2D eigenvalue weighted by molar-refractivity contribution is 0.0877. The molecule has 0 aliphatic carbocycles. The Hall–Kier alpha value is 0.360. The molecule has 1 unspecified atom stereocenters. The zero-order valence-corrected chi connectivity index (χ0v) is 10.1. The molecular formula is C9H20BrNO2. The fraction of sp³-hybridized carbons (Fsp3) is 1.00. The van der Waals surface area contributed by atoms with Gasteiger partial charge in [-0.25, -0.2) is 0 Å². The van der Waals surface area contributed by atoms with Crippen LogP contribution in [0.5, 0.6) is 0 Å². The van der Waals surface area contributed by atoms with Crippen LogP contribution < -0.4 is 0 Å². The summed E-state index contributed by atoms with van der Waals surface area (Å²) in [6, 6.07) is 0. The molecular weight excluding hydrogens is 234 g/mol. The van der Waals surface area contributed by atoms with E-state index in [1.165, 1.54) is 0 Å². The van der Waals surface area contributed by atoms with Crippen LogP contribution in [0.1, 0.15) is 13.8 Å². The van der Waals surface area contributed by atoms with E-state index in [1.54, 1.807) is 0 Å². The zero-order chi connectivity index (χ0) is 10.1. The van der Waals surface area contributed by atoms with Gasteiger partial charge in [-0.15, -0.1) is 0 Å². The van der Waals surface area contributed by atoms with E-state index in [4.69, 9.17) is 4.74 Å². The molecule has 0 aromatic heterocycles. The van der Waals surface area contributed by atoms with Crippen molar-refractivity contribution in [3.05, 3.63) is 0 Å². The van der Waals surface area contributed by atoms with Gasteiger partial charge in [-0.2, -0.15) is 0 Å². The van der Waals surface area contributed by atoms with Gasteiger partial charge >= 0.3 is 0 Å². The van der Waals surface area contributed by atoms with E-state index >= 15 is 0 Å². The maximum absolute atomic E-state index is 9.39. The summed E-state index contributed by atoms with van der Waals surface area (Å²) in [5.41, 5.74) is 0. The third-order valence-electron chi connectivity index (χ3n) is 1.85. The molecule has 1 atom stereocenters. The first-order valence-electron chi connectivity index (χ1n) is 4.78. The van der Waals surface area contributed by atoms with Crippen molar-refractivity contribution in [2.75, 3.05) is 38.2 Å². The number of nitrogens with zero attached hydrogens (tertiary/aromatic N) is 1. The molecule has 0 radical (unpaired) electrons. The SMILES string of the molecule is CCOCCN(CC)CC(O)CBr. The van der Waals surface area contributed by atoms with Crippen LogP contribution in [0.4, 0.5) is 0 Å². The highest BCUT2D eigenvalue weighted by atomic mass is 79.9. The predicted octanol–water partition coefficient (Wildman–Crippen LogP) is 1.10. The number of halogens is 1. The predicted molar refractivity (Wildman–Crippen MR) is 58.4 cm³/mol. The Morgan fingerprint density at radius 1 is 1.46 bits per heavy atom. The number of aliphatic hydroxyl groups excluding tert-OH is 1. The van der Waals surface area contributed by atoms with Crippen molar-refractivity contribution in [1.82, 2.24) is 4.90 Å². The maximum Gasteiger partial charge on any atom is 0.0763 e. The average molecular weight is 254 g/mol. The quantitative estimate of drug-likeness (QED) is 0.520. The van der Waals surface area contributed by atoms with Crippen molar-refractivity contribution >= 4 is 15.9 Å². The fourth-order valence-corrected chi connectivity index (χ4v) is 1.27. The highest BCUT2D eigenvalue weighted by Gasteiger charge is 2.08. The molecule has 0 spiro atoms. The van der Waals surface area contributed by atoms with Crippen LogP contribution in [-0.2, 0) is 4.74 Å². The molecule has 0 rings (SSSR count). The lowest BCUT2D eigenvalue weighted by Gasteiger charge is -2.22. The molecule has 13 heavy (non-hydrogen) atoms. The molecule has 0 saturated heterocycles. The summed E-state index contributed by atoms with van der Waals surface area (Å²) in [4.78, 5) is 2.18. The monoisotopic (exact) mass is 253 g/mol. The summed E-state index contributed by atoms with van der Waals surface area (Å²) < 4.78 is 5.25. The zero-order valence-electron chi connectivity index (χ0n) is 8.50. The molecule has 80 valence electrons. The minimum Gasteiger partial charge on any atom is -0.391 e. The molecule has 0 aromatic rings. The van der Waals surface area contributed by atoms with Gasteiger partial charge in [-0.3, -0.25) is 4.90 Å². The Kier molecular flexibility index (Phi) is 9.18. The first-order chi connectivity index (χ1) is 6.24. The molecule has 0 saturated carbocycles. The lowest BCUT2D eigenvalue weighted by atomic mass is 10.3. The first-order valence-corrected chi connectivity index (χ1v) is 5.90. The smallest absolute Gasteiger partial charge is 0.0763 e. The third-order valence-corrected chi connectivity index (χ3v) is 2.60. The van der Waals surface area contributed by atoms with Crippen LogP contribution in [0.3, 0.4) is 0 Å². The summed E-state index contributed by atoms with van der Waals surface area (Å²) in [6.45, 7) is 8.16. The largest absolute Gasteiger partial charge is 0.391 e. The van der Waals surface area contributed by atoms with Crippen molar-refractivity contribution in [1.29, 1.82) is 0 Å². The van der Waals surface area contributed by atoms with E-state index in [9.17, 15) is 5.11 Å². The number of rotatable bonds is 8. The van der Waals surface area contributed by atoms with E-state index in [1.807, 2.05) is 6.92 Å². The Labute approximate surface area is 89.2 Å². The van der Waals surface area contributed by atoms with Crippen molar-refractivity contribution in [3.8, 4) is 0 Å². The Morgan fingerprint density at radius 2 is 2.15 bits per heavy atom. The van der Waals surface area contributed by atoms with Gasteiger partial charge in [0.15, 0.2) is 0 Å². The fourth-order valence-electron chi connectivity index (χ4n) is 1.06. The number of alkyl halides is 1. The van der Waals surface area contributed by atoms with Crippen LogP contribution in [0.2, 0.25) is 0 Å². The van der Waals surface area contributed by atoms with Crippen LogP contribution >= 0.6 is 15.9 Å². The number of aliphatic hydroxyl groups is 1. The molecule has 0 heterocycles. The van der Waals surface area contributed by atoms with Gasteiger partial charge in [-0.1, -0.05) is 22.9 Å². The lowest BCUT2D eigenvalue weighted by Crippen LogP contribution is -2.35. The molecule has 0 bridgehead atoms. The number of hydrogen-bond acceptors (Lipinski definition) is 3. The van der Waals surface area contributed by atoms with Gasteiger partial charge in [0.05, 0.1) is 12.7 Å². The van der Waals surface area contributed by atoms with Crippen molar-refractivity contribution in [2.24, 2.45) is 0 Å². The summed E-state index contributed by atoms with van der Waals surface area (Å²) in [5.74, 6) is 0. The van der Waals surface area contributed by atoms with Crippen molar-refractivity contribution < 1.29 is 9.84 Å². The second-order valence-electron chi connectivity index (χ2n) is 2.90. The molecule has 1 N–H and O–H groups in total. The minimum absolute atomic E-state index is 0.276. The Morgan fingerprint density at radius 3 is 2.62 bits per heavy atom. The van der Waals surface area contributed by atoms with Gasteiger partial charge in [0.1, 0.15) is 0 Å². The molecule has 0 amide bonds. The van der Waals surface area contributed by atoms with E-state index < -0.39 is 0 Å². The van der Waals surface area contributed by atoms with E-state index in [0.29, 0.717) is 5.33 Å². The molecule has 0 aliphatic rings. The molecule has 0 aromatic carbocycles. The number of hydrogen-bond donors (Lipinski definition) is 1. The van der Waals surface area contributed by atoms with Crippen LogP contribution in [-0.4, -0.2) is 54.3 Å². The minimum atomic E-state index is -0.276. The molecule has 0 aliphatic heterocycles. The standard InChI is InChI=1S/C9H20BrNO2/c1-3-11(5-6-13-4-2)8-9(12)7-10/h9,12H,3-8H2,1-2H3. The van der Waals surface area contributed by atoms with Gasteiger partial charge in [0.25, 0.3) is 0 Å². The molecule has 4 heteroatoms. The van der Waals surface area contributed by atoms with Crippen LogP contribution in [0.15, 0.2) is 0 Å². The van der Waals surface area contributed by atoms with E-state index in [-0.39, 0.29) is 6.10 Å². The highest BCUT2D eigenvalue weighted by Crippen LogP contribution is 1.96. The van der Waals surface area contributed by atoms with Gasteiger partial charge < -0.3 is 9.84 Å².